The van der Waals surface area contributed by atoms with E-state index in [2.05, 4.69) is 6.07 Å². The molecule has 2 atom stereocenters. The van der Waals surface area contributed by atoms with Crippen molar-refractivity contribution >= 4 is 0 Å². The van der Waals surface area contributed by atoms with E-state index in [1.54, 1.807) is 0 Å². The Labute approximate surface area is 103 Å². The molecule has 0 radical (unpaired) electrons. The van der Waals surface area contributed by atoms with Gasteiger partial charge in [-0.3, -0.25) is 0 Å². The lowest BCUT2D eigenvalue weighted by Gasteiger charge is -2.29. The van der Waals surface area contributed by atoms with Gasteiger partial charge >= 0.3 is 0 Å². The lowest BCUT2D eigenvalue weighted by Crippen LogP contribution is -2.28. The first-order chi connectivity index (χ1) is 8.33. The van der Waals surface area contributed by atoms with Gasteiger partial charge < -0.3 is 5.11 Å². The van der Waals surface area contributed by atoms with E-state index in [0.717, 1.165) is 18.4 Å². The van der Waals surface area contributed by atoms with Crippen LogP contribution in [-0.4, -0.2) is 11.2 Å². The molecule has 1 saturated carbocycles. The van der Waals surface area contributed by atoms with E-state index in [9.17, 15) is 10.4 Å². The van der Waals surface area contributed by atoms with Gasteiger partial charge in [-0.1, -0.05) is 49.6 Å². The lowest BCUT2D eigenvalue weighted by atomic mass is 9.79. The molecule has 0 unspecified atom stereocenters. The number of benzene rings is 1. The Balaban J connectivity index is 2.10. The Morgan fingerprint density at radius 2 is 1.76 bits per heavy atom. The zero-order chi connectivity index (χ0) is 12.1. The minimum Gasteiger partial charge on any atom is -0.391 e. The van der Waals surface area contributed by atoms with Crippen LogP contribution in [0.2, 0.25) is 0 Å². The summed E-state index contributed by atoms with van der Waals surface area (Å²) in [5, 5.41) is 19.6. The molecule has 1 aromatic carbocycles. The second-order valence-electron chi connectivity index (χ2n) is 4.91. The number of nitrogens with zero attached hydrogens (tertiary/aromatic N) is 1. The standard InChI is InChI=1S/C15H19NO/c16-11-14(12-7-3-1-4-8-12)15(17)13-9-5-2-6-10-13/h1,3-4,7-8,13-15,17H,2,5-6,9-10H2/t14-,15-/m0/s1. The fraction of sp³-hybridized carbons (Fsp3) is 0.533. The highest BCUT2D eigenvalue weighted by atomic mass is 16.3. The van der Waals surface area contributed by atoms with Crippen molar-refractivity contribution < 1.29 is 5.11 Å². The van der Waals surface area contributed by atoms with Gasteiger partial charge in [-0.2, -0.15) is 5.26 Å². The molecule has 1 N–H and O–H groups in total. The molecule has 1 aliphatic rings. The Kier molecular flexibility index (Phi) is 4.17. The monoisotopic (exact) mass is 229 g/mol. The van der Waals surface area contributed by atoms with E-state index in [1.165, 1.54) is 19.3 Å². The molecule has 2 rings (SSSR count). The van der Waals surface area contributed by atoms with Crippen molar-refractivity contribution in [3.8, 4) is 6.07 Å². The Hall–Kier alpha value is -1.33. The maximum Gasteiger partial charge on any atom is 0.0974 e. The number of hydrogen-bond acceptors (Lipinski definition) is 2. The van der Waals surface area contributed by atoms with Crippen LogP contribution in [0, 0.1) is 17.2 Å². The van der Waals surface area contributed by atoms with E-state index in [0.29, 0.717) is 5.92 Å². The smallest absolute Gasteiger partial charge is 0.0974 e. The molecular weight excluding hydrogens is 210 g/mol. The molecule has 1 aromatic rings. The highest BCUT2D eigenvalue weighted by Gasteiger charge is 2.29. The normalized spacial score (nSPS) is 20.5. The molecule has 0 heterocycles. The summed E-state index contributed by atoms with van der Waals surface area (Å²) in [4.78, 5) is 0. The summed E-state index contributed by atoms with van der Waals surface area (Å²) in [6.45, 7) is 0. The van der Waals surface area contributed by atoms with E-state index in [1.807, 2.05) is 30.3 Å². The first-order valence-corrected chi connectivity index (χ1v) is 6.45. The topological polar surface area (TPSA) is 44.0 Å². The lowest BCUT2D eigenvalue weighted by molar-refractivity contribution is 0.0744. The highest BCUT2D eigenvalue weighted by Crippen LogP contribution is 2.33. The molecule has 1 fully saturated rings. The maximum atomic E-state index is 10.4. The molecular formula is C15H19NO. The summed E-state index contributed by atoms with van der Waals surface area (Å²) in [6, 6.07) is 11.9. The molecule has 0 aliphatic heterocycles. The summed E-state index contributed by atoms with van der Waals surface area (Å²) < 4.78 is 0. The molecule has 0 saturated heterocycles. The van der Waals surface area contributed by atoms with Gasteiger partial charge in [-0.15, -0.1) is 0 Å². The zero-order valence-electron chi connectivity index (χ0n) is 10.0. The third kappa shape index (κ3) is 2.87. The van der Waals surface area contributed by atoms with E-state index < -0.39 is 6.10 Å². The summed E-state index contributed by atoms with van der Waals surface area (Å²) in [5.41, 5.74) is 0.938. The van der Waals surface area contributed by atoms with Crippen LogP contribution in [-0.2, 0) is 0 Å². The number of aliphatic hydroxyl groups excluding tert-OH is 1. The largest absolute Gasteiger partial charge is 0.391 e. The Bertz CT molecular complexity index is 376. The molecule has 0 spiro atoms. The zero-order valence-corrected chi connectivity index (χ0v) is 10.0. The average Bonchev–Trinajstić information content (AvgIpc) is 2.42. The van der Waals surface area contributed by atoms with Gasteiger partial charge in [0.2, 0.25) is 0 Å². The second-order valence-corrected chi connectivity index (χ2v) is 4.91. The van der Waals surface area contributed by atoms with E-state index in [-0.39, 0.29) is 5.92 Å². The van der Waals surface area contributed by atoms with Crippen molar-refractivity contribution in [3.63, 3.8) is 0 Å². The van der Waals surface area contributed by atoms with Crippen LogP contribution in [0.3, 0.4) is 0 Å². The van der Waals surface area contributed by atoms with Gasteiger partial charge in [0.1, 0.15) is 0 Å². The molecule has 0 aromatic heterocycles. The quantitative estimate of drug-likeness (QED) is 0.864. The Morgan fingerprint density at radius 1 is 1.12 bits per heavy atom. The van der Waals surface area contributed by atoms with Crippen molar-refractivity contribution in [1.82, 2.24) is 0 Å². The predicted molar refractivity (Wildman–Crippen MR) is 67.4 cm³/mol. The summed E-state index contributed by atoms with van der Waals surface area (Å²) >= 11 is 0. The highest BCUT2D eigenvalue weighted by molar-refractivity contribution is 5.26. The molecule has 2 nitrogen and oxygen atoms in total. The molecule has 0 bridgehead atoms. The van der Waals surface area contributed by atoms with Gasteiger partial charge in [0.15, 0.2) is 0 Å². The van der Waals surface area contributed by atoms with Crippen LogP contribution in [0.15, 0.2) is 30.3 Å². The van der Waals surface area contributed by atoms with Crippen molar-refractivity contribution in [2.45, 2.75) is 44.1 Å². The molecule has 0 amide bonds. The number of aliphatic hydroxyl groups is 1. The number of hydrogen-bond donors (Lipinski definition) is 1. The fourth-order valence-corrected chi connectivity index (χ4v) is 2.76. The number of rotatable bonds is 3. The first-order valence-electron chi connectivity index (χ1n) is 6.45. The predicted octanol–water partition coefficient (Wildman–Crippen LogP) is 3.23. The van der Waals surface area contributed by atoms with Gasteiger partial charge in [0.05, 0.1) is 18.1 Å². The number of nitriles is 1. The average molecular weight is 229 g/mol. The van der Waals surface area contributed by atoms with Crippen LogP contribution >= 0.6 is 0 Å². The van der Waals surface area contributed by atoms with Gasteiger partial charge in [0.25, 0.3) is 0 Å². The van der Waals surface area contributed by atoms with Crippen molar-refractivity contribution in [3.05, 3.63) is 35.9 Å². The van der Waals surface area contributed by atoms with Crippen molar-refractivity contribution in [2.75, 3.05) is 0 Å². The molecule has 17 heavy (non-hydrogen) atoms. The van der Waals surface area contributed by atoms with Crippen LogP contribution in [0.4, 0.5) is 0 Å². The SMILES string of the molecule is N#C[C@@H](c1ccccc1)[C@@H](O)C1CCCCC1. The minimum atomic E-state index is -0.511. The third-order valence-corrected chi connectivity index (χ3v) is 3.77. The molecule has 2 heteroatoms. The van der Waals surface area contributed by atoms with E-state index in [4.69, 9.17) is 0 Å². The summed E-state index contributed by atoms with van der Waals surface area (Å²) in [7, 11) is 0. The van der Waals surface area contributed by atoms with Gasteiger partial charge in [-0.05, 0) is 24.3 Å². The third-order valence-electron chi connectivity index (χ3n) is 3.77. The molecule has 1 aliphatic carbocycles. The fourth-order valence-electron chi connectivity index (χ4n) is 2.76. The van der Waals surface area contributed by atoms with Crippen LogP contribution in [0.5, 0.6) is 0 Å². The maximum absolute atomic E-state index is 10.4. The van der Waals surface area contributed by atoms with Crippen LogP contribution in [0.25, 0.3) is 0 Å². The summed E-state index contributed by atoms with van der Waals surface area (Å²) in [6.07, 6.45) is 5.26. The second kappa shape index (κ2) is 5.84. The van der Waals surface area contributed by atoms with Crippen molar-refractivity contribution in [2.24, 2.45) is 5.92 Å². The summed E-state index contributed by atoms with van der Waals surface area (Å²) in [5.74, 6) is -0.0760. The van der Waals surface area contributed by atoms with Crippen molar-refractivity contribution in [1.29, 1.82) is 5.26 Å². The minimum absolute atomic E-state index is 0.300. The van der Waals surface area contributed by atoms with E-state index >= 15 is 0 Å². The van der Waals surface area contributed by atoms with Crippen LogP contribution in [0.1, 0.15) is 43.6 Å². The van der Waals surface area contributed by atoms with Gasteiger partial charge in [-0.25, -0.2) is 0 Å². The first kappa shape index (κ1) is 12.1. The molecule has 90 valence electrons. The Morgan fingerprint density at radius 3 is 2.35 bits per heavy atom. The van der Waals surface area contributed by atoms with Gasteiger partial charge in [0, 0.05) is 0 Å². The van der Waals surface area contributed by atoms with Crippen LogP contribution < -0.4 is 0 Å².